The van der Waals surface area contributed by atoms with Gasteiger partial charge in [-0.3, -0.25) is 0 Å². The number of esters is 1. The maximum absolute atomic E-state index is 11.0. The maximum atomic E-state index is 11.0. The molecule has 0 bridgehead atoms. The number of ether oxygens (including phenoxy) is 1. The summed E-state index contributed by atoms with van der Waals surface area (Å²) in [4.78, 5) is 13.8. The molecule has 0 unspecified atom stereocenters. The Hall–Kier alpha value is -1.15. The molecule has 0 N–H and O–H groups in total. The van der Waals surface area contributed by atoms with Gasteiger partial charge in [-0.05, 0) is 6.42 Å². The van der Waals surface area contributed by atoms with Crippen LogP contribution in [0.3, 0.4) is 0 Å². The van der Waals surface area contributed by atoms with Crippen LogP contribution in [0, 0.1) is 0 Å². The molecule has 0 aromatic heterocycles. The van der Waals surface area contributed by atoms with Crippen molar-refractivity contribution in [2.75, 3.05) is 6.61 Å². The highest BCUT2D eigenvalue weighted by molar-refractivity contribution is 6.32. The van der Waals surface area contributed by atoms with Crippen LogP contribution in [0.15, 0.2) is 0 Å². The maximum Gasteiger partial charge on any atom is 0.416 e. The number of hydrogen-bond donors (Lipinski definition) is 0. The van der Waals surface area contributed by atoms with Crippen molar-refractivity contribution >= 4 is 11.7 Å². The molecule has 0 fully saturated rings. The van der Waals surface area contributed by atoms with Crippen molar-refractivity contribution in [2.24, 2.45) is 0 Å². The monoisotopic (exact) mass is 212 g/mol. The third-order valence-electron chi connectivity index (χ3n) is 2.18. The minimum absolute atomic E-state index is 0.000910. The molecule has 4 heteroatoms. The highest BCUT2D eigenvalue weighted by atomic mass is 16.5. The van der Waals surface area contributed by atoms with Gasteiger partial charge >= 0.3 is 11.7 Å². The lowest BCUT2D eigenvalue weighted by Crippen LogP contribution is -2.15. The van der Waals surface area contributed by atoms with Crippen LogP contribution < -0.4 is 0 Å². The standard InChI is InChI=1S/C11H20N2O2/c1-3-4-5-6-7-8-9-15-11(14)10(2)13-12/h3-9H2,1-2H3. The summed E-state index contributed by atoms with van der Waals surface area (Å²) in [6.07, 6.45) is 6.92. The molecule has 0 radical (unpaired) electrons. The zero-order valence-corrected chi connectivity index (χ0v) is 9.66. The lowest BCUT2D eigenvalue weighted by Gasteiger charge is -2.01. The Bertz CT molecular complexity index is 233. The first-order valence-corrected chi connectivity index (χ1v) is 5.58. The Morgan fingerprint density at radius 2 is 1.80 bits per heavy atom. The molecule has 0 aliphatic carbocycles. The summed E-state index contributed by atoms with van der Waals surface area (Å²) in [5.41, 5.74) is 8.29. The van der Waals surface area contributed by atoms with E-state index < -0.39 is 5.97 Å². The van der Waals surface area contributed by atoms with Gasteiger partial charge in [0.05, 0.1) is 6.61 Å². The smallest absolute Gasteiger partial charge is 0.416 e. The molecule has 0 spiro atoms. The number of hydrogen-bond acceptors (Lipinski definition) is 2. The van der Waals surface area contributed by atoms with Crippen molar-refractivity contribution < 1.29 is 14.3 Å². The topological polar surface area (TPSA) is 62.7 Å². The third kappa shape index (κ3) is 7.89. The minimum atomic E-state index is -0.536. The molecule has 86 valence electrons. The van der Waals surface area contributed by atoms with E-state index in [1.165, 1.54) is 32.6 Å². The first-order valence-electron chi connectivity index (χ1n) is 5.58. The fourth-order valence-corrected chi connectivity index (χ4v) is 1.19. The van der Waals surface area contributed by atoms with Crippen LogP contribution in [0.2, 0.25) is 0 Å². The molecule has 15 heavy (non-hydrogen) atoms. The average molecular weight is 212 g/mol. The molecular weight excluding hydrogens is 192 g/mol. The summed E-state index contributed by atoms with van der Waals surface area (Å²) in [5, 5.41) is 0. The van der Waals surface area contributed by atoms with Gasteiger partial charge in [-0.15, -0.1) is 0 Å². The molecule has 0 saturated carbocycles. The van der Waals surface area contributed by atoms with E-state index in [1.54, 1.807) is 0 Å². The fourth-order valence-electron chi connectivity index (χ4n) is 1.19. The molecule has 0 rings (SSSR count). The summed E-state index contributed by atoms with van der Waals surface area (Å²) in [5.74, 6) is -0.536. The Kier molecular flexibility index (Phi) is 8.69. The summed E-state index contributed by atoms with van der Waals surface area (Å²) < 4.78 is 4.87. The highest BCUT2D eigenvalue weighted by Crippen LogP contribution is 2.04. The second-order valence-electron chi connectivity index (χ2n) is 3.59. The predicted molar refractivity (Wildman–Crippen MR) is 58.6 cm³/mol. The molecule has 0 aromatic carbocycles. The van der Waals surface area contributed by atoms with Crippen molar-refractivity contribution in [3.05, 3.63) is 5.53 Å². The lowest BCUT2D eigenvalue weighted by molar-refractivity contribution is -0.140. The normalized spacial score (nSPS) is 9.47. The summed E-state index contributed by atoms with van der Waals surface area (Å²) in [6, 6.07) is 0. The third-order valence-corrected chi connectivity index (χ3v) is 2.18. The number of unbranched alkanes of at least 4 members (excludes halogenated alkanes) is 5. The molecule has 0 aromatic rings. The van der Waals surface area contributed by atoms with Crippen LogP contribution in [0.5, 0.6) is 0 Å². The van der Waals surface area contributed by atoms with Crippen LogP contribution in [-0.4, -0.2) is 23.1 Å². The van der Waals surface area contributed by atoms with E-state index in [2.05, 4.69) is 11.7 Å². The largest absolute Gasteiger partial charge is 0.457 e. The van der Waals surface area contributed by atoms with Crippen molar-refractivity contribution in [1.82, 2.24) is 0 Å². The van der Waals surface area contributed by atoms with Gasteiger partial charge in [0.15, 0.2) is 0 Å². The SMILES string of the molecule is CCCCCCCCOC(=O)C(C)=[N+]=[N-]. The van der Waals surface area contributed by atoms with Crippen molar-refractivity contribution in [2.45, 2.75) is 52.4 Å². The van der Waals surface area contributed by atoms with Crippen molar-refractivity contribution in [1.29, 1.82) is 0 Å². The summed E-state index contributed by atoms with van der Waals surface area (Å²) in [7, 11) is 0. The van der Waals surface area contributed by atoms with Gasteiger partial charge in [-0.25, -0.2) is 4.79 Å². The van der Waals surface area contributed by atoms with Crippen LogP contribution in [-0.2, 0) is 9.53 Å². The van der Waals surface area contributed by atoms with E-state index in [0.29, 0.717) is 6.61 Å². The zero-order valence-electron chi connectivity index (χ0n) is 9.66. The Morgan fingerprint density at radius 1 is 1.20 bits per heavy atom. The minimum Gasteiger partial charge on any atom is -0.457 e. The molecular formula is C11H20N2O2. The van der Waals surface area contributed by atoms with Gasteiger partial charge in [0.1, 0.15) is 0 Å². The van der Waals surface area contributed by atoms with Gasteiger partial charge in [0.25, 0.3) is 0 Å². The Labute approximate surface area is 91.2 Å². The molecule has 0 amide bonds. The number of rotatable bonds is 8. The first-order chi connectivity index (χ1) is 7.22. The highest BCUT2D eigenvalue weighted by Gasteiger charge is 2.13. The van der Waals surface area contributed by atoms with Crippen molar-refractivity contribution in [3.63, 3.8) is 0 Å². The number of carbonyl (C=O) groups is 1. The average Bonchev–Trinajstić information content (AvgIpc) is 2.26. The molecule has 0 aliphatic heterocycles. The second-order valence-corrected chi connectivity index (χ2v) is 3.59. The van der Waals surface area contributed by atoms with Gasteiger partial charge < -0.3 is 10.3 Å². The van der Waals surface area contributed by atoms with E-state index in [-0.39, 0.29) is 5.71 Å². The lowest BCUT2D eigenvalue weighted by atomic mass is 10.1. The van der Waals surface area contributed by atoms with E-state index >= 15 is 0 Å². The van der Waals surface area contributed by atoms with Crippen LogP contribution in [0.25, 0.3) is 5.53 Å². The van der Waals surface area contributed by atoms with E-state index in [0.717, 1.165) is 12.8 Å². The second kappa shape index (κ2) is 9.41. The van der Waals surface area contributed by atoms with Crippen LogP contribution in [0.1, 0.15) is 52.4 Å². The molecule has 0 aliphatic rings. The van der Waals surface area contributed by atoms with Gasteiger partial charge in [0, 0.05) is 6.92 Å². The Balaban J connectivity index is 3.31. The predicted octanol–water partition coefficient (Wildman–Crippen LogP) is 2.58. The fraction of sp³-hybridized carbons (Fsp3) is 0.818. The number of nitrogens with zero attached hydrogens (tertiary/aromatic N) is 2. The molecule has 0 atom stereocenters. The van der Waals surface area contributed by atoms with E-state index in [1.807, 2.05) is 0 Å². The summed E-state index contributed by atoms with van der Waals surface area (Å²) in [6.45, 7) is 4.01. The van der Waals surface area contributed by atoms with Gasteiger partial charge in [-0.2, -0.15) is 4.79 Å². The molecule has 0 saturated heterocycles. The molecule has 0 heterocycles. The van der Waals surface area contributed by atoms with E-state index in [9.17, 15) is 4.79 Å². The first kappa shape index (κ1) is 13.8. The Morgan fingerprint density at radius 3 is 2.40 bits per heavy atom. The van der Waals surface area contributed by atoms with Gasteiger partial charge in [-0.1, -0.05) is 39.0 Å². The molecule has 4 nitrogen and oxygen atoms in total. The van der Waals surface area contributed by atoms with Crippen molar-refractivity contribution in [3.8, 4) is 0 Å². The summed E-state index contributed by atoms with van der Waals surface area (Å²) >= 11 is 0. The van der Waals surface area contributed by atoms with Crippen LogP contribution >= 0.6 is 0 Å². The van der Waals surface area contributed by atoms with Gasteiger partial charge in [0.2, 0.25) is 0 Å². The van der Waals surface area contributed by atoms with E-state index in [4.69, 9.17) is 10.3 Å². The van der Waals surface area contributed by atoms with Crippen LogP contribution in [0.4, 0.5) is 0 Å². The quantitative estimate of drug-likeness (QED) is 0.204. The zero-order chi connectivity index (χ0) is 11.5. The number of carbonyl (C=O) groups excluding carboxylic acids is 1.